The number of carbonyl (C=O) groups is 3. The molecule has 0 bridgehead atoms. The van der Waals surface area contributed by atoms with Gasteiger partial charge in [0.2, 0.25) is 5.91 Å². The first kappa shape index (κ1) is 13.7. The summed E-state index contributed by atoms with van der Waals surface area (Å²) in [6.07, 6.45) is 0. The first-order valence-electron chi connectivity index (χ1n) is 5.05. The van der Waals surface area contributed by atoms with Crippen LogP contribution in [0.5, 0.6) is 0 Å². The second kappa shape index (κ2) is 6.36. The number of anilines is 1. The van der Waals surface area contributed by atoms with Gasteiger partial charge >= 0.3 is 11.9 Å². The molecule has 0 aromatic heterocycles. The Kier molecular flexibility index (Phi) is 4.82. The van der Waals surface area contributed by atoms with Gasteiger partial charge in [-0.25, -0.2) is 4.79 Å². The largest absolute Gasteiger partial charge is 0.480 e. The van der Waals surface area contributed by atoms with Crippen LogP contribution in [0.3, 0.4) is 0 Å². The maximum absolute atomic E-state index is 11.3. The molecule has 18 heavy (non-hydrogen) atoms. The van der Waals surface area contributed by atoms with Crippen molar-refractivity contribution in [3.05, 3.63) is 29.8 Å². The summed E-state index contributed by atoms with van der Waals surface area (Å²) in [5, 5.41) is 21.9. The molecule has 0 spiro atoms. The summed E-state index contributed by atoms with van der Waals surface area (Å²) in [5.74, 6) is -2.50. The van der Waals surface area contributed by atoms with E-state index in [0.717, 1.165) is 0 Å². The van der Waals surface area contributed by atoms with E-state index in [1.807, 2.05) is 0 Å². The van der Waals surface area contributed by atoms with E-state index >= 15 is 0 Å². The van der Waals surface area contributed by atoms with Gasteiger partial charge in [0.15, 0.2) is 0 Å². The number of hydrogen-bond donors (Lipinski definition) is 4. The number of aliphatic carboxylic acids is 1. The van der Waals surface area contributed by atoms with Gasteiger partial charge in [-0.1, -0.05) is 0 Å². The summed E-state index contributed by atoms with van der Waals surface area (Å²) in [5.41, 5.74) is 0.569. The van der Waals surface area contributed by atoms with Crippen molar-refractivity contribution in [1.29, 1.82) is 0 Å². The number of benzene rings is 1. The van der Waals surface area contributed by atoms with E-state index in [9.17, 15) is 14.4 Å². The van der Waals surface area contributed by atoms with Gasteiger partial charge in [-0.2, -0.15) is 0 Å². The Morgan fingerprint density at radius 2 is 1.61 bits per heavy atom. The number of carboxylic acids is 2. The molecule has 0 aliphatic rings. The van der Waals surface area contributed by atoms with E-state index < -0.39 is 17.8 Å². The number of amides is 1. The minimum Gasteiger partial charge on any atom is -0.480 e. The van der Waals surface area contributed by atoms with Crippen molar-refractivity contribution in [1.82, 2.24) is 5.32 Å². The highest BCUT2D eigenvalue weighted by molar-refractivity contribution is 5.93. The average Bonchev–Trinajstić information content (AvgIpc) is 2.29. The van der Waals surface area contributed by atoms with Gasteiger partial charge in [-0.15, -0.1) is 0 Å². The monoisotopic (exact) mass is 252 g/mol. The van der Waals surface area contributed by atoms with Crippen molar-refractivity contribution < 1.29 is 24.6 Å². The van der Waals surface area contributed by atoms with Crippen LogP contribution in [-0.4, -0.2) is 41.1 Å². The molecule has 1 rings (SSSR count). The summed E-state index contributed by atoms with van der Waals surface area (Å²) in [4.78, 5) is 32.1. The molecular weight excluding hydrogens is 240 g/mol. The van der Waals surface area contributed by atoms with Crippen molar-refractivity contribution in [2.24, 2.45) is 0 Å². The molecule has 1 aromatic carbocycles. The Morgan fingerprint density at radius 1 is 1.00 bits per heavy atom. The van der Waals surface area contributed by atoms with E-state index in [1.54, 1.807) is 0 Å². The molecule has 7 heteroatoms. The quantitative estimate of drug-likeness (QED) is 0.566. The van der Waals surface area contributed by atoms with Gasteiger partial charge in [0.05, 0.1) is 18.7 Å². The second-order valence-electron chi connectivity index (χ2n) is 3.43. The maximum atomic E-state index is 11.3. The number of aromatic carboxylic acids is 1. The summed E-state index contributed by atoms with van der Waals surface area (Å²) in [6, 6.07) is 5.64. The molecule has 96 valence electrons. The predicted molar refractivity (Wildman–Crippen MR) is 62.5 cm³/mol. The van der Waals surface area contributed by atoms with Gasteiger partial charge in [0.25, 0.3) is 0 Å². The highest BCUT2D eigenvalue weighted by Gasteiger charge is 2.05. The lowest BCUT2D eigenvalue weighted by atomic mass is 10.2. The molecule has 0 aliphatic carbocycles. The highest BCUT2D eigenvalue weighted by atomic mass is 16.4. The fourth-order valence-electron chi connectivity index (χ4n) is 1.18. The van der Waals surface area contributed by atoms with Crippen molar-refractivity contribution in [2.45, 2.75) is 0 Å². The molecule has 4 N–H and O–H groups in total. The summed E-state index contributed by atoms with van der Waals surface area (Å²) in [6.45, 7) is -0.432. The number of hydrogen-bond acceptors (Lipinski definition) is 4. The zero-order valence-electron chi connectivity index (χ0n) is 9.34. The molecule has 0 saturated heterocycles. The second-order valence-corrected chi connectivity index (χ2v) is 3.43. The van der Waals surface area contributed by atoms with Crippen LogP contribution in [0.2, 0.25) is 0 Å². The van der Waals surface area contributed by atoms with Crippen molar-refractivity contribution in [3.8, 4) is 0 Å². The van der Waals surface area contributed by atoms with Gasteiger partial charge < -0.3 is 15.5 Å². The lowest BCUT2D eigenvalue weighted by Crippen LogP contribution is -2.31. The summed E-state index contributed by atoms with van der Waals surface area (Å²) in [7, 11) is 0. The molecular formula is C11H12N2O5. The van der Waals surface area contributed by atoms with E-state index in [2.05, 4.69) is 10.6 Å². The van der Waals surface area contributed by atoms with E-state index in [-0.39, 0.29) is 18.7 Å². The van der Waals surface area contributed by atoms with Crippen LogP contribution >= 0.6 is 0 Å². The average molecular weight is 252 g/mol. The fourth-order valence-corrected chi connectivity index (χ4v) is 1.18. The molecule has 0 saturated carbocycles. The van der Waals surface area contributed by atoms with Crippen LogP contribution in [0.15, 0.2) is 24.3 Å². The first-order chi connectivity index (χ1) is 8.49. The Bertz CT molecular complexity index is 455. The summed E-state index contributed by atoms with van der Waals surface area (Å²) < 4.78 is 0. The van der Waals surface area contributed by atoms with E-state index in [0.29, 0.717) is 5.69 Å². The third-order valence-corrected chi connectivity index (χ3v) is 1.98. The number of rotatable bonds is 6. The molecule has 0 radical (unpaired) electrons. The lowest BCUT2D eigenvalue weighted by molar-refractivity contribution is -0.135. The van der Waals surface area contributed by atoms with Crippen LogP contribution in [0, 0.1) is 0 Å². The normalized spacial score (nSPS) is 9.78. The van der Waals surface area contributed by atoms with Gasteiger partial charge in [-0.05, 0) is 24.3 Å². The SMILES string of the molecule is O=C(O)CNCC(=O)Nc1ccc(C(=O)O)cc1. The van der Waals surface area contributed by atoms with Crippen molar-refractivity contribution in [3.63, 3.8) is 0 Å². The van der Waals surface area contributed by atoms with Gasteiger partial charge in [0.1, 0.15) is 0 Å². The molecule has 0 unspecified atom stereocenters. The molecule has 7 nitrogen and oxygen atoms in total. The molecule has 1 aromatic rings. The molecule has 1 amide bonds. The third-order valence-electron chi connectivity index (χ3n) is 1.98. The minimum atomic E-state index is -1.05. The Labute approximate surface area is 102 Å². The Morgan fingerprint density at radius 3 is 2.11 bits per heavy atom. The topological polar surface area (TPSA) is 116 Å². The molecule has 0 fully saturated rings. The first-order valence-corrected chi connectivity index (χ1v) is 5.05. The maximum Gasteiger partial charge on any atom is 0.335 e. The van der Waals surface area contributed by atoms with E-state index in [4.69, 9.17) is 10.2 Å². The van der Waals surface area contributed by atoms with Crippen LogP contribution < -0.4 is 10.6 Å². The standard InChI is InChI=1S/C11H12N2O5/c14-9(5-12-6-10(15)16)13-8-3-1-7(2-4-8)11(17)18/h1-4,12H,5-6H2,(H,13,14)(H,15,16)(H,17,18). The lowest BCUT2D eigenvalue weighted by Gasteiger charge is -2.05. The van der Waals surface area contributed by atoms with Crippen molar-refractivity contribution >= 4 is 23.5 Å². The smallest absolute Gasteiger partial charge is 0.335 e. The number of carbonyl (C=O) groups excluding carboxylic acids is 1. The molecule has 0 aliphatic heterocycles. The zero-order valence-corrected chi connectivity index (χ0v) is 9.34. The fraction of sp³-hybridized carbons (Fsp3) is 0.182. The van der Waals surface area contributed by atoms with Crippen LogP contribution in [0.25, 0.3) is 0 Å². The predicted octanol–water partition coefficient (Wildman–Crippen LogP) is -0.00250. The van der Waals surface area contributed by atoms with E-state index in [1.165, 1.54) is 24.3 Å². The third kappa shape index (κ3) is 4.62. The zero-order chi connectivity index (χ0) is 13.5. The van der Waals surface area contributed by atoms with Crippen LogP contribution in [0.4, 0.5) is 5.69 Å². The summed E-state index contributed by atoms with van der Waals surface area (Å²) >= 11 is 0. The van der Waals surface area contributed by atoms with Crippen LogP contribution in [-0.2, 0) is 9.59 Å². The minimum absolute atomic E-state index is 0.122. The number of carboxylic acid groups (broad SMARTS) is 2. The van der Waals surface area contributed by atoms with Crippen LogP contribution in [0.1, 0.15) is 10.4 Å². The molecule has 0 atom stereocenters. The van der Waals surface area contributed by atoms with Gasteiger partial charge in [0, 0.05) is 5.69 Å². The Hall–Kier alpha value is -2.41. The molecule has 0 heterocycles. The van der Waals surface area contributed by atoms with Gasteiger partial charge in [-0.3, -0.25) is 14.9 Å². The van der Waals surface area contributed by atoms with Crippen molar-refractivity contribution in [2.75, 3.05) is 18.4 Å². The Balaban J connectivity index is 2.44. The highest BCUT2D eigenvalue weighted by Crippen LogP contribution is 2.09. The number of nitrogens with one attached hydrogen (secondary N) is 2.